The fourth-order valence-electron chi connectivity index (χ4n) is 2.95. The van der Waals surface area contributed by atoms with Gasteiger partial charge >= 0.3 is 0 Å². The predicted molar refractivity (Wildman–Crippen MR) is 81.8 cm³/mol. The molecule has 1 aliphatic rings. The average Bonchev–Trinajstić information content (AvgIpc) is 2.79. The van der Waals surface area contributed by atoms with Crippen LogP contribution in [0.5, 0.6) is 0 Å². The molecule has 0 aliphatic carbocycles. The number of para-hydroxylation sites is 1. The number of nitrogens with zero attached hydrogens (tertiary/aromatic N) is 3. The van der Waals surface area contributed by atoms with Gasteiger partial charge in [-0.2, -0.15) is 5.26 Å². The van der Waals surface area contributed by atoms with Crippen molar-refractivity contribution < 1.29 is 0 Å². The van der Waals surface area contributed by atoms with E-state index in [9.17, 15) is 0 Å². The molecule has 3 heteroatoms. The first kappa shape index (κ1) is 13.5. The van der Waals surface area contributed by atoms with Crippen LogP contribution in [0.4, 0.5) is 0 Å². The van der Waals surface area contributed by atoms with E-state index in [0.717, 1.165) is 18.2 Å². The number of pyridine rings is 1. The highest BCUT2D eigenvalue weighted by Crippen LogP contribution is 2.31. The molecule has 1 aromatic carbocycles. The molecule has 0 N–H and O–H groups in total. The van der Waals surface area contributed by atoms with E-state index in [2.05, 4.69) is 36.2 Å². The highest BCUT2D eigenvalue weighted by Gasteiger charge is 2.31. The largest absolute Gasteiger partial charge is 0.274 e. The van der Waals surface area contributed by atoms with Gasteiger partial charge in [-0.15, -0.1) is 0 Å². The van der Waals surface area contributed by atoms with Crippen molar-refractivity contribution in [2.75, 3.05) is 0 Å². The van der Waals surface area contributed by atoms with Gasteiger partial charge in [0.15, 0.2) is 0 Å². The van der Waals surface area contributed by atoms with Crippen molar-refractivity contribution in [3.8, 4) is 6.07 Å². The molecule has 3 nitrogen and oxygen atoms in total. The number of hydrogen-bond donors (Lipinski definition) is 0. The Hall–Kier alpha value is -2.47. The first-order valence-corrected chi connectivity index (χ1v) is 7.17. The van der Waals surface area contributed by atoms with Crippen molar-refractivity contribution in [1.82, 2.24) is 4.98 Å². The van der Waals surface area contributed by atoms with E-state index >= 15 is 0 Å². The molecule has 2 aromatic rings. The summed E-state index contributed by atoms with van der Waals surface area (Å²) in [4.78, 5) is 9.09. The molecule has 104 valence electrons. The minimum absolute atomic E-state index is 0.282. The van der Waals surface area contributed by atoms with Gasteiger partial charge in [0.2, 0.25) is 0 Å². The lowest BCUT2D eigenvalue weighted by Gasteiger charge is -2.24. The molecule has 0 amide bonds. The van der Waals surface area contributed by atoms with Gasteiger partial charge in [-0.3, -0.25) is 9.98 Å². The monoisotopic (exact) mass is 275 g/mol. The standard InChI is InChI=1S/C18H17N3/c1-18(9-5-10-19)16(12-14-6-4-11-20-13-14)15-7-2-3-8-17(15)21-18/h2-4,6-8,11,13H,5,9,12H2,1H3. The summed E-state index contributed by atoms with van der Waals surface area (Å²) in [5.74, 6) is 0. The third-order valence-electron chi connectivity index (χ3n) is 4.07. The summed E-state index contributed by atoms with van der Waals surface area (Å²) in [5.41, 5.74) is 2.19. The van der Waals surface area contributed by atoms with Gasteiger partial charge in [0.25, 0.3) is 0 Å². The fraction of sp³-hybridized carbons (Fsp3) is 0.278. The second kappa shape index (κ2) is 5.49. The maximum absolute atomic E-state index is 8.92. The summed E-state index contributed by atoms with van der Waals surface area (Å²) < 4.78 is 0. The molecule has 0 saturated carbocycles. The van der Waals surface area contributed by atoms with Crippen LogP contribution in [0.1, 0.15) is 25.3 Å². The van der Waals surface area contributed by atoms with Gasteiger partial charge in [-0.25, -0.2) is 0 Å². The van der Waals surface area contributed by atoms with E-state index < -0.39 is 0 Å². The van der Waals surface area contributed by atoms with Gasteiger partial charge in [0, 0.05) is 24.0 Å². The number of aromatic nitrogens is 1. The lowest BCUT2D eigenvalue weighted by Crippen LogP contribution is -2.26. The van der Waals surface area contributed by atoms with Crippen LogP contribution in [0.25, 0.3) is 5.57 Å². The van der Waals surface area contributed by atoms with Crippen LogP contribution in [0.15, 0.2) is 53.8 Å². The Balaban J connectivity index is 2.09. The molecule has 1 aromatic heterocycles. The number of nitriles is 1. The molecule has 0 bridgehead atoms. The van der Waals surface area contributed by atoms with Gasteiger partial charge < -0.3 is 0 Å². The van der Waals surface area contributed by atoms with Crippen LogP contribution in [0, 0.1) is 11.3 Å². The summed E-state index contributed by atoms with van der Waals surface area (Å²) in [7, 11) is 0. The van der Waals surface area contributed by atoms with E-state index in [1.165, 1.54) is 16.4 Å². The van der Waals surface area contributed by atoms with E-state index in [1.807, 2.05) is 24.4 Å². The van der Waals surface area contributed by atoms with Gasteiger partial charge in [0.1, 0.15) is 0 Å². The van der Waals surface area contributed by atoms with Crippen LogP contribution in [-0.4, -0.2) is 10.5 Å². The van der Waals surface area contributed by atoms with Crippen molar-refractivity contribution in [3.05, 3.63) is 64.9 Å². The van der Waals surface area contributed by atoms with Crippen LogP contribution in [-0.2, 0) is 6.42 Å². The molecule has 3 rings (SSSR count). The number of benzene rings is 1. The fourth-order valence-corrected chi connectivity index (χ4v) is 2.95. The molecule has 2 heterocycles. The normalized spacial score (nSPS) is 19.7. The van der Waals surface area contributed by atoms with Crippen molar-refractivity contribution in [3.63, 3.8) is 0 Å². The second-order valence-electron chi connectivity index (χ2n) is 5.58. The summed E-state index contributed by atoms with van der Waals surface area (Å²) >= 11 is 0. The Morgan fingerprint density at radius 1 is 1.19 bits per heavy atom. The topological polar surface area (TPSA) is 49.0 Å². The van der Waals surface area contributed by atoms with Crippen molar-refractivity contribution in [2.45, 2.75) is 31.7 Å². The smallest absolute Gasteiger partial charge is 0.0818 e. The highest BCUT2D eigenvalue weighted by molar-refractivity contribution is 5.61. The van der Waals surface area contributed by atoms with Gasteiger partial charge in [0.05, 0.1) is 17.0 Å². The van der Waals surface area contributed by atoms with Crippen molar-refractivity contribution in [1.29, 1.82) is 5.26 Å². The molecule has 0 spiro atoms. The number of rotatable bonds is 4. The lowest BCUT2D eigenvalue weighted by molar-refractivity contribution is 0.549. The molecule has 1 aliphatic heterocycles. The zero-order valence-electron chi connectivity index (χ0n) is 12.1. The Bertz CT molecular complexity index is 802. The average molecular weight is 275 g/mol. The third kappa shape index (κ3) is 2.57. The Kier molecular flexibility index (Phi) is 3.53. The van der Waals surface area contributed by atoms with Crippen molar-refractivity contribution >= 4 is 5.57 Å². The number of hydrogen-bond acceptors (Lipinski definition) is 3. The molecule has 21 heavy (non-hydrogen) atoms. The maximum atomic E-state index is 8.92. The highest BCUT2D eigenvalue weighted by atomic mass is 14.9. The summed E-state index contributed by atoms with van der Waals surface area (Å²) in [6.07, 6.45) is 5.79. The van der Waals surface area contributed by atoms with Crippen LogP contribution in [0.3, 0.4) is 0 Å². The second-order valence-corrected chi connectivity index (χ2v) is 5.58. The van der Waals surface area contributed by atoms with E-state index in [1.54, 1.807) is 6.20 Å². The zero-order chi connectivity index (χ0) is 14.7. The van der Waals surface area contributed by atoms with Gasteiger partial charge in [-0.1, -0.05) is 24.3 Å². The molecule has 0 fully saturated rings. The Morgan fingerprint density at radius 2 is 2.05 bits per heavy atom. The SMILES string of the molecule is CC1(CCC#N)N=c2ccccc2=C1Cc1cccnc1. The third-order valence-corrected chi connectivity index (χ3v) is 4.07. The van der Waals surface area contributed by atoms with E-state index in [4.69, 9.17) is 10.3 Å². The van der Waals surface area contributed by atoms with Crippen LogP contribution >= 0.6 is 0 Å². The molecule has 0 radical (unpaired) electrons. The first-order valence-electron chi connectivity index (χ1n) is 7.17. The zero-order valence-corrected chi connectivity index (χ0v) is 12.1. The summed E-state index contributed by atoms with van der Waals surface area (Å²) in [6, 6.07) is 14.5. The molecular weight excluding hydrogens is 258 g/mol. The Morgan fingerprint density at radius 3 is 2.81 bits per heavy atom. The van der Waals surface area contributed by atoms with Crippen LogP contribution in [0.2, 0.25) is 0 Å². The minimum atomic E-state index is -0.282. The molecule has 0 saturated heterocycles. The number of fused-ring (bicyclic) bond motifs is 1. The van der Waals surface area contributed by atoms with Crippen molar-refractivity contribution in [2.24, 2.45) is 4.99 Å². The van der Waals surface area contributed by atoms with Crippen LogP contribution < -0.4 is 10.6 Å². The predicted octanol–water partition coefficient (Wildman–Crippen LogP) is 2.17. The molecule has 1 unspecified atom stereocenters. The van der Waals surface area contributed by atoms with E-state index in [0.29, 0.717) is 6.42 Å². The summed E-state index contributed by atoms with van der Waals surface area (Å²) in [6.45, 7) is 2.13. The van der Waals surface area contributed by atoms with E-state index in [-0.39, 0.29) is 5.54 Å². The first-order chi connectivity index (χ1) is 10.2. The Labute approximate surface area is 124 Å². The summed E-state index contributed by atoms with van der Waals surface area (Å²) in [5, 5.41) is 11.2. The quantitative estimate of drug-likeness (QED) is 0.858. The molecular formula is C18H17N3. The van der Waals surface area contributed by atoms with Gasteiger partial charge in [-0.05, 0) is 43.0 Å². The minimum Gasteiger partial charge on any atom is -0.274 e. The lowest BCUT2D eigenvalue weighted by atomic mass is 9.84. The maximum Gasteiger partial charge on any atom is 0.0818 e. The molecule has 1 atom stereocenters.